The molecule has 0 rings (SSSR count). The molecule has 5 heteroatoms. The fourth-order valence-corrected chi connectivity index (χ4v) is 1.49. The minimum atomic E-state index is -3.00. The van der Waals surface area contributed by atoms with Crippen LogP contribution in [-0.2, 0) is 4.12 Å². The van der Waals surface area contributed by atoms with E-state index < -0.39 is 15.2 Å². The molecular formula is C3H8F2OSi2. The van der Waals surface area contributed by atoms with E-state index in [9.17, 15) is 8.50 Å². The van der Waals surface area contributed by atoms with Crippen LogP contribution < -0.4 is 0 Å². The molecule has 0 aliphatic heterocycles. The number of hydrogen-bond donors (Lipinski definition) is 0. The number of allylic oxidation sites excluding steroid dienone is 1. The zero-order valence-corrected chi connectivity index (χ0v) is 7.76. The van der Waals surface area contributed by atoms with Crippen molar-refractivity contribution in [2.75, 3.05) is 0 Å². The zero-order chi connectivity index (χ0) is 6.57. The van der Waals surface area contributed by atoms with Gasteiger partial charge in [-0.1, -0.05) is 6.08 Å². The van der Waals surface area contributed by atoms with Gasteiger partial charge in [-0.2, -0.15) is 0 Å². The summed E-state index contributed by atoms with van der Waals surface area (Å²) >= 11 is 0. The highest BCUT2D eigenvalue weighted by Crippen LogP contribution is 1.99. The quantitative estimate of drug-likeness (QED) is 0.303. The number of rotatable bonds is 3. The van der Waals surface area contributed by atoms with Gasteiger partial charge in [0, 0.05) is 0 Å². The maximum absolute atomic E-state index is 12.0. The number of alkyl halides is 1. The van der Waals surface area contributed by atoms with E-state index in [0.29, 0.717) is 0 Å². The summed E-state index contributed by atoms with van der Waals surface area (Å²) in [6, 6.07) is 0. The monoisotopic (exact) mass is 154 g/mol. The van der Waals surface area contributed by atoms with Crippen LogP contribution in [0, 0.1) is 0 Å². The van der Waals surface area contributed by atoms with Gasteiger partial charge in [0.15, 0.2) is 5.79 Å². The highest BCUT2D eigenvalue weighted by atomic mass is 28.4. The maximum Gasteiger partial charge on any atom is 0.396 e. The third-order valence-electron chi connectivity index (χ3n) is 0.701. The molecule has 0 amide bonds. The first-order valence-electron chi connectivity index (χ1n) is 2.16. The third-order valence-corrected chi connectivity index (χ3v) is 3.27. The molecule has 0 spiro atoms. The first-order valence-corrected chi connectivity index (χ1v) is 4.55. The van der Waals surface area contributed by atoms with Gasteiger partial charge in [-0.05, 0) is 0 Å². The van der Waals surface area contributed by atoms with Crippen molar-refractivity contribution >= 4 is 19.9 Å². The van der Waals surface area contributed by atoms with Gasteiger partial charge in [0.1, 0.15) is 10.5 Å². The van der Waals surface area contributed by atoms with Crippen molar-refractivity contribution in [2.24, 2.45) is 0 Å². The Morgan fingerprint density at radius 1 is 1.88 bits per heavy atom. The van der Waals surface area contributed by atoms with Gasteiger partial charge in [0.25, 0.3) is 0 Å². The molecular weight excluding hydrogens is 146 g/mol. The predicted octanol–water partition coefficient (Wildman–Crippen LogP) is -0.463. The van der Waals surface area contributed by atoms with Gasteiger partial charge in [-0.25, -0.2) is 4.39 Å². The van der Waals surface area contributed by atoms with Crippen molar-refractivity contribution < 1.29 is 12.6 Å². The molecule has 0 aliphatic rings. The van der Waals surface area contributed by atoms with Crippen molar-refractivity contribution in [3.8, 4) is 0 Å². The average molecular weight is 154 g/mol. The largest absolute Gasteiger partial charge is 0.442 e. The van der Waals surface area contributed by atoms with Crippen molar-refractivity contribution in [3.63, 3.8) is 0 Å². The van der Waals surface area contributed by atoms with Crippen LogP contribution >= 0.6 is 0 Å². The minimum Gasteiger partial charge on any atom is -0.442 e. The van der Waals surface area contributed by atoms with Crippen LogP contribution in [0.1, 0.15) is 0 Å². The predicted molar refractivity (Wildman–Crippen MR) is 34.4 cm³/mol. The lowest BCUT2D eigenvalue weighted by molar-refractivity contribution is 0.412. The van der Waals surface area contributed by atoms with Crippen LogP contribution in [-0.4, -0.2) is 25.7 Å². The maximum atomic E-state index is 12.0. The summed E-state index contributed by atoms with van der Waals surface area (Å²) in [4.78, 5) is 0. The molecule has 1 nitrogen and oxygen atoms in total. The van der Waals surface area contributed by atoms with Gasteiger partial charge < -0.3 is 4.12 Å². The van der Waals surface area contributed by atoms with E-state index in [4.69, 9.17) is 0 Å². The van der Waals surface area contributed by atoms with Gasteiger partial charge in [-0.15, -0.1) is 6.58 Å². The van der Waals surface area contributed by atoms with Crippen LogP contribution in [0.25, 0.3) is 0 Å². The molecule has 8 heavy (non-hydrogen) atoms. The van der Waals surface area contributed by atoms with Crippen molar-refractivity contribution in [1.82, 2.24) is 0 Å². The Hall–Kier alpha value is -0.00623. The molecule has 0 fully saturated rings. The molecule has 48 valence electrons. The average Bonchev–Trinajstić information content (AvgIpc) is 1.84. The Morgan fingerprint density at radius 3 is 2.50 bits per heavy atom. The van der Waals surface area contributed by atoms with Gasteiger partial charge in [-0.3, -0.25) is 4.11 Å². The topological polar surface area (TPSA) is 9.23 Å². The summed E-state index contributed by atoms with van der Waals surface area (Å²) in [6.45, 7) is 3.08. The summed E-state index contributed by atoms with van der Waals surface area (Å²) in [7, 11) is -2.72. The fraction of sp³-hybridized carbons (Fsp3) is 0.333. The Labute approximate surface area is 51.8 Å². The van der Waals surface area contributed by atoms with Crippen molar-refractivity contribution in [3.05, 3.63) is 12.7 Å². The van der Waals surface area contributed by atoms with E-state index in [1.807, 2.05) is 0 Å². The molecule has 0 aromatic heterocycles. The highest BCUT2D eigenvalue weighted by Gasteiger charge is 2.18. The Morgan fingerprint density at radius 2 is 2.38 bits per heavy atom. The second kappa shape index (κ2) is 3.93. The molecule has 0 N–H and O–H groups in total. The lowest BCUT2D eigenvalue weighted by Gasteiger charge is -2.03. The van der Waals surface area contributed by atoms with E-state index in [0.717, 1.165) is 6.08 Å². The van der Waals surface area contributed by atoms with E-state index in [1.165, 1.54) is 0 Å². The summed E-state index contributed by atoms with van der Waals surface area (Å²) in [5.74, 6) is -1.53. The van der Waals surface area contributed by atoms with Gasteiger partial charge in [0.2, 0.25) is 0 Å². The van der Waals surface area contributed by atoms with E-state index in [2.05, 4.69) is 10.7 Å². The van der Waals surface area contributed by atoms with E-state index in [-0.39, 0.29) is 10.5 Å². The summed E-state index contributed by atoms with van der Waals surface area (Å²) in [5.41, 5.74) is 0. The van der Waals surface area contributed by atoms with Crippen molar-refractivity contribution in [2.45, 2.75) is 5.79 Å². The first-order chi connectivity index (χ1) is 3.72. The standard InChI is InChI=1S/C3H8F2OSi2/c1-2-3(4)8(5)6-7/h2-3,8H,1H2,7H3. The molecule has 0 bridgehead atoms. The van der Waals surface area contributed by atoms with Crippen LogP contribution in [0.2, 0.25) is 0 Å². The molecule has 0 heterocycles. The SMILES string of the molecule is C=CC(F)[SiH](F)O[SiH3]. The Balaban J connectivity index is 3.44. The second-order valence-corrected chi connectivity index (χ2v) is 4.49. The van der Waals surface area contributed by atoms with Crippen LogP contribution in [0.3, 0.4) is 0 Å². The Bertz CT molecular complexity index is 79.7. The minimum absolute atomic E-state index is 0.274. The van der Waals surface area contributed by atoms with E-state index >= 15 is 0 Å². The van der Waals surface area contributed by atoms with Crippen molar-refractivity contribution in [1.29, 1.82) is 0 Å². The Kier molecular flexibility index (Phi) is 3.93. The fourth-order valence-electron chi connectivity index (χ4n) is 0.237. The number of hydrogen-bond acceptors (Lipinski definition) is 1. The molecule has 2 unspecified atom stereocenters. The number of halogens is 2. The molecule has 0 radical (unpaired) electrons. The smallest absolute Gasteiger partial charge is 0.396 e. The molecule has 0 aromatic carbocycles. The molecule has 2 atom stereocenters. The summed E-state index contributed by atoms with van der Waals surface area (Å²) < 4.78 is 28.3. The second-order valence-electron chi connectivity index (χ2n) is 1.27. The lowest BCUT2D eigenvalue weighted by Crippen LogP contribution is -2.22. The molecule has 0 aromatic rings. The third kappa shape index (κ3) is 2.34. The van der Waals surface area contributed by atoms with E-state index in [1.54, 1.807) is 0 Å². The van der Waals surface area contributed by atoms with Crippen LogP contribution in [0.15, 0.2) is 12.7 Å². The lowest BCUT2D eigenvalue weighted by atomic mass is 10.7. The normalized spacial score (nSPS) is 17.8. The van der Waals surface area contributed by atoms with Gasteiger partial charge >= 0.3 is 9.37 Å². The highest BCUT2D eigenvalue weighted by molar-refractivity contribution is 6.50. The first kappa shape index (κ1) is 7.99. The molecule has 0 saturated carbocycles. The summed E-state index contributed by atoms with van der Waals surface area (Å²) in [6.07, 6.45) is 0.939. The molecule has 0 aliphatic carbocycles. The zero-order valence-electron chi connectivity index (χ0n) is 4.60. The molecule has 0 saturated heterocycles. The summed E-state index contributed by atoms with van der Waals surface area (Å²) in [5, 5.41) is 0. The van der Waals surface area contributed by atoms with Crippen LogP contribution in [0.4, 0.5) is 8.50 Å². The van der Waals surface area contributed by atoms with Crippen LogP contribution in [0.5, 0.6) is 0 Å². The van der Waals surface area contributed by atoms with Gasteiger partial charge in [0.05, 0.1) is 0 Å².